The van der Waals surface area contributed by atoms with E-state index >= 15 is 4.39 Å². The van der Waals surface area contributed by atoms with Crippen molar-refractivity contribution >= 4 is 28.5 Å². The number of carbonyl (C=O) groups is 2. The Balaban J connectivity index is 1.18. The molecule has 43 heavy (non-hydrogen) atoms. The molecule has 1 aliphatic heterocycles. The third-order valence-corrected chi connectivity index (χ3v) is 8.86. The fraction of sp³-hybridized carbons (Fsp3) is 0.324. The van der Waals surface area contributed by atoms with Gasteiger partial charge in [-0.25, -0.2) is 14.4 Å². The van der Waals surface area contributed by atoms with Crippen LogP contribution in [0.15, 0.2) is 73.3 Å². The van der Waals surface area contributed by atoms with Gasteiger partial charge in [0.2, 0.25) is 11.7 Å². The van der Waals surface area contributed by atoms with Crippen LogP contribution in [0.2, 0.25) is 0 Å². The summed E-state index contributed by atoms with van der Waals surface area (Å²) in [6.07, 6.45) is 10.2. The fourth-order valence-corrected chi connectivity index (χ4v) is 6.02. The Morgan fingerprint density at radius 3 is 2.47 bits per heavy atom. The van der Waals surface area contributed by atoms with Crippen molar-refractivity contribution < 1.29 is 14.0 Å². The van der Waals surface area contributed by atoms with Crippen molar-refractivity contribution in [2.45, 2.75) is 51.5 Å². The molecule has 218 valence electrons. The molecule has 2 aliphatic rings. The van der Waals surface area contributed by atoms with Gasteiger partial charge < -0.3 is 10.2 Å². The number of nitrogens with zero attached hydrogens (tertiary/aromatic N) is 5. The predicted molar refractivity (Wildman–Crippen MR) is 162 cm³/mol. The van der Waals surface area contributed by atoms with Crippen LogP contribution in [0.5, 0.6) is 0 Å². The number of hydrogen-bond acceptors (Lipinski definition) is 5. The first-order valence-corrected chi connectivity index (χ1v) is 14.7. The SMILES string of the molecule is CC(C)(C)[C@H](NC(=O)c1ccc(-c2cnc3ncc(C4(c5ccc6ncccc6c5)CC4)n3c2)cc1F)C(=O)N1CCC1. The average molecular weight is 577 g/mol. The zero-order valence-electron chi connectivity index (χ0n) is 24.5. The minimum Gasteiger partial charge on any atom is -0.341 e. The maximum absolute atomic E-state index is 15.5. The van der Waals surface area contributed by atoms with Gasteiger partial charge in [0.1, 0.15) is 11.9 Å². The fourth-order valence-electron chi connectivity index (χ4n) is 6.02. The summed E-state index contributed by atoms with van der Waals surface area (Å²) in [6.45, 7) is 7.05. The zero-order chi connectivity index (χ0) is 29.9. The molecule has 0 spiro atoms. The van der Waals surface area contributed by atoms with E-state index in [4.69, 9.17) is 0 Å². The van der Waals surface area contributed by atoms with E-state index in [1.807, 2.05) is 43.6 Å². The van der Waals surface area contributed by atoms with E-state index < -0.39 is 23.2 Å². The van der Waals surface area contributed by atoms with Crippen LogP contribution in [0, 0.1) is 11.2 Å². The second kappa shape index (κ2) is 9.97. The number of fused-ring (bicyclic) bond motifs is 2. The zero-order valence-corrected chi connectivity index (χ0v) is 24.5. The first kappa shape index (κ1) is 27.2. The van der Waals surface area contributed by atoms with Crippen molar-refractivity contribution in [2.24, 2.45) is 5.41 Å². The number of pyridine rings is 1. The topological polar surface area (TPSA) is 92.5 Å². The van der Waals surface area contributed by atoms with Gasteiger partial charge in [-0.3, -0.25) is 19.0 Å². The molecular weight excluding hydrogens is 543 g/mol. The lowest BCUT2D eigenvalue weighted by Gasteiger charge is -2.39. The van der Waals surface area contributed by atoms with E-state index in [0.717, 1.165) is 35.9 Å². The van der Waals surface area contributed by atoms with Crippen LogP contribution in [-0.4, -0.2) is 55.2 Å². The highest BCUT2D eigenvalue weighted by Gasteiger charge is 2.48. The summed E-state index contributed by atoms with van der Waals surface area (Å²) in [7, 11) is 0. The summed E-state index contributed by atoms with van der Waals surface area (Å²) in [5.41, 5.74) is 3.71. The van der Waals surface area contributed by atoms with Crippen LogP contribution in [0.1, 0.15) is 61.6 Å². The number of aromatic nitrogens is 4. The number of amides is 2. The van der Waals surface area contributed by atoms with Crippen LogP contribution >= 0.6 is 0 Å². The molecule has 1 atom stereocenters. The molecule has 9 heteroatoms. The summed E-state index contributed by atoms with van der Waals surface area (Å²) >= 11 is 0. The molecule has 1 N–H and O–H groups in total. The number of nitrogens with one attached hydrogen (secondary N) is 1. The molecule has 0 radical (unpaired) electrons. The second-order valence-electron chi connectivity index (χ2n) is 12.8. The van der Waals surface area contributed by atoms with E-state index in [1.165, 1.54) is 17.7 Å². The van der Waals surface area contributed by atoms with Gasteiger partial charge in [0.15, 0.2) is 0 Å². The van der Waals surface area contributed by atoms with Crippen molar-refractivity contribution in [2.75, 3.05) is 13.1 Å². The van der Waals surface area contributed by atoms with Crippen molar-refractivity contribution in [3.8, 4) is 11.1 Å². The molecule has 3 aromatic heterocycles. The Morgan fingerprint density at radius 2 is 1.77 bits per heavy atom. The molecule has 0 unspecified atom stereocenters. The Morgan fingerprint density at radius 1 is 0.977 bits per heavy atom. The van der Waals surface area contributed by atoms with E-state index in [1.54, 1.807) is 23.4 Å². The Labute approximate surface area is 249 Å². The first-order valence-electron chi connectivity index (χ1n) is 14.7. The lowest BCUT2D eigenvalue weighted by Crippen LogP contribution is -2.57. The molecule has 7 rings (SSSR count). The minimum absolute atomic E-state index is 0.102. The van der Waals surface area contributed by atoms with Crippen molar-refractivity contribution in [3.05, 3.63) is 96.0 Å². The maximum Gasteiger partial charge on any atom is 0.254 e. The molecule has 0 bridgehead atoms. The van der Waals surface area contributed by atoms with Crippen LogP contribution < -0.4 is 5.32 Å². The predicted octanol–water partition coefficient (Wildman–Crippen LogP) is 5.54. The molecule has 1 saturated carbocycles. The molecule has 8 nitrogen and oxygen atoms in total. The molecular formula is C34H33FN6O2. The quantitative estimate of drug-likeness (QED) is 0.287. The normalized spacial score (nSPS) is 16.6. The highest BCUT2D eigenvalue weighted by molar-refractivity contribution is 5.98. The number of imidazole rings is 1. The molecule has 5 aromatic rings. The highest BCUT2D eigenvalue weighted by atomic mass is 19.1. The highest BCUT2D eigenvalue weighted by Crippen LogP contribution is 2.53. The lowest BCUT2D eigenvalue weighted by molar-refractivity contribution is -0.139. The van der Waals surface area contributed by atoms with Gasteiger partial charge in [0.05, 0.1) is 23.0 Å². The van der Waals surface area contributed by atoms with E-state index in [-0.39, 0.29) is 16.9 Å². The van der Waals surface area contributed by atoms with Crippen LogP contribution in [0.25, 0.3) is 27.8 Å². The van der Waals surface area contributed by atoms with Gasteiger partial charge in [-0.1, -0.05) is 39.0 Å². The lowest BCUT2D eigenvalue weighted by atomic mass is 9.85. The third-order valence-electron chi connectivity index (χ3n) is 8.86. The number of benzene rings is 2. The smallest absolute Gasteiger partial charge is 0.254 e. The first-order chi connectivity index (χ1) is 20.6. The molecule has 2 amide bonds. The van der Waals surface area contributed by atoms with Crippen LogP contribution in [0.3, 0.4) is 0 Å². The number of halogens is 1. The molecule has 1 saturated heterocycles. The summed E-state index contributed by atoms with van der Waals surface area (Å²) in [6, 6.07) is 14.2. The van der Waals surface area contributed by atoms with E-state index in [2.05, 4.69) is 44.5 Å². The Bertz CT molecular complexity index is 1900. The largest absolute Gasteiger partial charge is 0.341 e. The summed E-state index contributed by atoms with van der Waals surface area (Å²) in [4.78, 5) is 41.5. The summed E-state index contributed by atoms with van der Waals surface area (Å²) < 4.78 is 17.4. The van der Waals surface area contributed by atoms with E-state index in [0.29, 0.717) is 30.0 Å². The van der Waals surface area contributed by atoms with Gasteiger partial charge in [0.25, 0.3) is 5.91 Å². The van der Waals surface area contributed by atoms with Gasteiger partial charge >= 0.3 is 0 Å². The van der Waals surface area contributed by atoms with Gasteiger partial charge in [0, 0.05) is 48.0 Å². The van der Waals surface area contributed by atoms with Gasteiger partial charge in [-0.2, -0.15) is 0 Å². The molecule has 2 fully saturated rings. The number of rotatable bonds is 6. The maximum atomic E-state index is 15.5. The van der Waals surface area contributed by atoms with Gasteiger partial charge in [-0.15, -0.1) is 0 Å². The van der Waals surface area contributed by atoms with Crippen molar-refractivity contribution in [1.29, 1.82) is 0 Å². The standard InChI is InChI=1S/C34H33FN6O2/c1-33(2,3)29(31(43)40-14-5-15-40)39-30(42)25-9-7-21(17-26(25)35)23-18-37-32-38-19-28(41(32)20-23)34(11-12-34)24-8-10-27-22(16-24)6-4-13-36-27/h4,6-10,13,16-20,29H,5,11-12,14-15H2,1-3H3,(H,39,42)/t29-/m1/s1. The number of hydrogen-bond donors (Lipinski definition) is 1. The second-order valence-corrected chi connectivity index (χ2v) is 12.8. The Kier molecular flexibility index (Phi) is 6.30. The Hall–Kier alpha value is -4.66. The summed E-state index contributed by atoms with van der Waals surface area (Å²) in [5, 5.41) is 3.90. The summed E-state index contributed by atoms with van der Waals surface area (Å²) in [5.74, 6) is -0.824. The monoisotopic (exact) mass is 576 g/mol. The van der Waals surface area contributed by atoms with Crippen molar-refractivity contribution in [3.63, 3.8) is 0 Å². The molecule has 4 heterocycles. The minimum atomic E-state index is -0.751. The number of likely N-dealkylation sites (tertiary alicyclic amines) is 1. The van der Waals surface area contributed by atoms with Gasteiger partial charge in [-0.05, 0) is 66.1 Å². The number of carbonyl (C=O) groups excluding carboxylic acids is 2. The molecule has 2 aromatic carbocycles. The van der Waals surface area contributed by atoms with Crippen molar-refractivity contribution in [1.82, 2.24) is 29.6 Å². The van der Waals surface area contributed by atoms with E-state index in [9.17, 15) is 9.59 Å². The average Bonchev–Trinajstić information content (AvgIpc) is 3.65. The molecule has 1 aliphatic carbocycles. The van der Waals surface area contributed by atoms with Crippen LogP contribution in [0.4, 0.5) is 4.39 Å². The third kappa shape index (κ3) is 4.73. The van der Waals surface area contributed by atoms with Crippen LogP contribution in [-0.2, 0) is 10.2 Å².